The van der Waals surface area contributed by atoms with E-state index >= 15 is 0 Å². The van der Waals surface area contributed by atoms with Crippen molar-refractivity contribution in [2.24, 2.45) is 0 Å². The number of piperazine rings is 1. The van der Waals surface area contributed by atoms with Gasteiger partial charge in [0.1, 0.15) is 11.8 Å². The number of nitrogens with zero attached hydrogens (tertiary/aromatic N) is 3. The summed E-state index contributed by atoms with van der Waals surface area (Å²) in [6.07, 6.45) is 0.250. The van der Waals surface area contributed by atoms with Crippen LogP contribution in [0, 0.1) is 13.8 Å². The molecule has 2 heterocycles. The van der Waals surface area contributed by atoms with E-state index in [4.69, 9.17) is 4.52 Å². The average Bonchev–Trinajstić information content (AvgIpc) is 3.00. The van der Waals surface area contributed by atoms with E-state index in [0.29, 0.717) is 31.9 Å². The highest BCUT2D eigenvalue weighted by atomic mass is 16.5. The second kappa shape index (κ2) is 8.35. The first kappa shape index (κ1) is 19.1. The van der Waals surface area contributed by atoms with E-state index < -0.39 is 0 Å². The minimum atomic E-state index is -0.363. The van der Waals surface area contributed by atoms with Gasteiger partial charge in [0.05, 0.1) is 12.1 Å². The Morgan fingerprint density at radius 1 is 1.22 bits per heavy atom. The number of carbonyl (C=O) groups is 2. The summed E-state index contributed by atoms with van der Waals surface area (Å²) in [5, 5.41) is 6.64. The maximum atomic E-state index is 12.8. The van der Waals surface area contributed by atoms with Crippen LogP contribution in [0.1, 0.15) is 22.6 Å². The molecule has 1 aromatic carbocycles. The minimum absolute atomic E-state index is 0.00216. The number of benzene rings is 1. The van der Waals surface area contributed by atoms with Crippen molar-refractivity contribution in [3.05, 3.63) is 52.9 Å². The van der Waals surface area contributed by atoms with E-state index in [1.54, 1.807) is 11.9 Å². The fourth-order valence-electron chi connectivity index (χ4n) is 3.49. The van der Waals surface area contributed by atoms with Gasteiger partial charge in [-0.05, 0) is 19.4 Å². The van der Waals surface area contributed by atoms with Crippen molar-refractivity contribution in [3.8, 4) is 0 Å². The molecule has 7 heteroatoms. The molecule has 0 bridgehead atoms. The van der Waals surface area contributed by atoms with Crippen molar-refractivity contribution in [1.29, 1.82) is 0 Å². The third-order valence-electron chi connectivity index (χ3n) is 5.13. The zero-order chi connectivity index (χ0) is 19.4. The molecule has 1 aliphatic heterocycles. The summed E-state index contributed by atoms with van der Waals surface area (Å²) in [6.45, 7) is 5.97. The Bertz CT molecular complexity index is 783. The van der Waals surface area contributed by atoms with Gasteiger partial charge in [-0.1, -0.05) is 35.5 Å². The molecular weight excluding hydrogens is 344 g/mol. The number of likely N-dealkylation sites (N-methyl/N-ethyl adjacent to an activating group) is 1. The van der Waals surface area contributed by atoms with E-state index in [1.165, 1.54) is 0 Å². The van der Waals surface area contributed by atoms with Crippen molar-refractivity contribution < 1.29 is 14.1 Å². The normalized spacial score (nSPS) is 17.7. The minimum Gasteiger partial charge on any atom is -0.361 e. The fraction of sp³-hybridized carbons (Fsp3) is 0.450. The van der Waals surface area contributed by atoms with Gasteiger partial charge in [0.2, 0.25) is 11.8 Å². The van der Waals surface area contributed by atoms with Gasteiger partial charge < -0.3 is 14.7 Å². The molecule has 144 valence electrons. The number of rotatable bonds is 5. The highest BCUT2D eigenvalue weighted by Gasteiger charge is 2.34. The molecule has 27 heavy (non-hydrogen) atoms. The first-order valence-corrected chi connectivity index (χ1v) is 9.18. The highest BCUT2D eigenvalue weighted by Crippen LogP contribution is 2.18. The molecule has 2 amide bonds. The molecule has 0 spiro atoms. The molecule has 0 unspecified atom stereocenters. The highest BCUT2D eigenvalue weighted by molar-refractivity contribution is 5.84. The molecule has 1 fully saturated rings. The maximum absolute atomic E-state index is 12.8. The summed E-state index contributed by atoms with van der Waals surface area (Å²) in [5.41, 5.74) is 2.73. The maximum Gasteiger partial charge on any atom is 0.238 e. The molecule has 1 atom stereocenters. The van der Waals surface area contributed by atoms with Crippen molar-refractivity contribution in [2.45, 2.75) is 32.9 Å². The summed E-state index contributed by atoms with van der Waals surface area (Å²) in [5.74, 6) is 0.602. The molecular formula is C20H26N4O3. The lowest BCUT2D eigenvalue weighted by molar-refractivity contribution is -0.137. The third-order valence-corrected chi connectivity index (χ3v) is 5.13. The number of amides is 2. The Morgan fingerprint density at radius 3 is 2.59 bits per heavy atom. The van der Waals surface area contributed by atoms with Crippen LogP contribution in [-0.4, -0.2) is 59.5 Å². The van der Waals surface area contributed by atoms with Crippen LogP contribution in [0.3, 0.4) is 0 Å². The summed E-state index contributed by atoms with van der Waals surface area (Å²) >= 11 is 0. The third kappa shape index (κ3) is 4.36. The van der Waals surface area contributed by atoms with Gasteiger partial charge in [0, 0.05) is 38.8 Å². The summed E-state index contributed by atoms with van der Waals surface area (Å²) in [6, 6.07) is 9.70. The van der Waals surface area contributed by atoms with Crippen LogP contribution < -0.4 is 5.32 Å². The van der Waals surface area contributed by atoms with E-state index in [0.717, 1.165) is 16.8 Å². The molecule has 1 saturated heterocycles. The number of nitrogens with one attached hydrogen (secondary N) is 1. The molecule has 7 nitrogen and oxygen atoms in total. The Hall–Kier alpha value is -2.67. The number of hydrogen-bond donors (Lipinski definition) is 1. The SMILES string of the molecule is CNC(=O)[C@H]1CN(C(=O)Cc2c(C)noc2C)CCN1Cc1ccccc1. The van der Waals surface area contributed by atoms with E-state index in [9.17, 15) is 9.59 Å². The van der Waals surface area contributed by atoms with Crippen molar-refractivity contribution in [2.75, 3.05) is 26.7 Å². The number of aryl methyl sites for hydroxylation is 2. The quantitative estimate of drug-likeness (QED) is 0.858. The van der Waals surface area contributed by atoms with Crippen molar-refractivity contribution in [3.63, 3.8) is 0 Å². The number of aromatic nitrogens is 1. The van der Waals surface area contributed by atoms with E-state index in [2.05, 4.69) is 27.5 Å². The largest absolute Gasteiger partial charge is 0.361 e. The van der Waals surface area contributed by atoms with Crippen LogP contribution in [0.15, 0.2) is 34.9 Å². The Labute approximate surface area is 159 Å². The van der Waals surface area contributed by atoms with Crippen molar-refractivity contribution >= 4 is 11.8 Å². The molecule has 2 aromatic rings. The first-order chi connectivity index (χ1) is 13.0. The smallest absolute Gasteiger partial charge is 0.238 e. The van der Waals surface area contributed by atoms with Gasteiger partial charge in [-0.2, -0.15) is 0 Å². The van der Waals surface area contributed by atoms with Gasteiger partial charge in [0.15, 0.2) is 0 Å². The Kier molecular flexibility index (Phi) is 5.91. The summed E-state index contributed by atoms with van der Waals surface area (Å²) in [4.78, 5) is 29.1. The second-order valence-corrected chi connectivity index (χ2v) is 6.91. The zero-order valence-electron chi connectivity index (χ0n) is 16.1. The van der Waals surface area contributed by atoms with Gasteiger partial charge in [-0.3, -0.25) is 14.5 Å². The molecule has 1 aromatic heterocycles. The second-order valence-electron chi connectivity index (χ2n) is 6.91. The van der Waals surface area contributed by atoms with Gasteiger partial charge >= 0.3 is 0 Å². The van der Waals surface area contributed by atoms with Crippen molar-refractivity contribution in [1.82, 2.24) is 20.3 Å². The van der Waals surface area contributed by atoms with Gasteiger partial charge in [0.25, 0.3) is 0 Å². The van der Waals surface area contributed by atoms with Crippen LogP contribution in [0.2, 0.25) is 0 Å². The standard InChI is InChI=1S/C20H26N4O3/c1-14-17(15(2)27-22-14)11-19(25)24-10-9-23(18(13-24)20(26)21-3)12-16-7-5-4-6-8-16/h4-8,18H,9-13H2,1-3H3,(H,21,26)/t18-/m1/s1. The monoisotopic (exact) mass is 370 g/mol. The van der Waals surface area contributed by atoms with E-state index in [-0.39, 0.29) is 24.3 Å². The van der Waals surface area contributed by atoms with Crippen LogP contribution in [0.4, 0.5) is 0 Å². The molecule has 1 aliphatic rings. The Morgan fingerprint density at radius 2 is 1.96 bits per heavy atom. The van der Waals surface area contributed by atoms with Gasteiger partial charge in [-0.15, -0.1) is 0 Å². The molecule has 0 saturated carbocycles. The topological polar surface area (TPSA) is 78.7 Å². The summed E-state index contributed by atoms with van der Waals surface area (Å²) in [7, 11) is 1.63. The number of carbonyl (C=O) groups excluding carboxylic acids is 2. The lowest BCUT2D eigenvalue weighted by Crippen LogP contribution is -2.59. The predicted molar refractivity (Wildman–Crippen MR) is 101 cm³/mol. The summed E-state index contributed by atoms with van der Waals surface area (Å²) < 4.78 is 5.15. The van der Waals surface area contributed by atoms with Crippen LogP contribution >= 0.6 is 0 Å². The zero-order valence-corrected chi connectivity index (χ0v) is 16.1. The first-order valence-electron chi connectivity index (χ1n) is 9.18. The molecule has 0 aliphatic carbocycles. The Balaban J connectivity index is 1.70. The number of hydrogen-bond acceptors (Lipinski definition) is 5. The van der Waals surface area contributed by atoms with Crippen LogP contribution in [0.5, 0.6) is 0 Å². The molecule has 1 N–H and O–H groups in total. The lowest BCUT2D eigenvalue weighted by Gasteiger charge is -2.40. The van der Waals surface area contributed by atoms with Gasteiger partial charge in [-0.25, -0.2) is 0 Å². The average molecular weight is 370 g/mol. The van der Waals surface area contributed by atoms with Crippen LogP contribution in [0.25, 0.3) is 0 Å². The van der Waals surface area contributed by atoms with E-state index in [1.807, 2.05) is 32.0 Å². The molecule has 0 radical (unpaired) electrons. The fourth-order valence-corrected chi connectivity index (χ4v) is 3.49. The molecule has 3 rings (SSSR count). The lowest BCUT2D eigenvalue weighted by atomic mass is 10.1. The van der Waals surface area contributed by atoms with Crippen LogP contribution in [-0.2, 0) is 22.6 Å². The predicted octanol–water partition coefficient (Wildman–Crippen LogP) is 1.29.